The lowest BCUT2D eigenvalue weighted by molar-refractivity contribution is -0.385. The fraction of sp³-hybridized carbons (Fsp3) is 0.250. The van der Waals surface area contributed by atoms with E-state index in [4.69, 9.17) is 0 Å². The van der Waals surface area contributed by atoms with E-state index in [1.165, 1.54) is 24.4 Å². The van der Waals surface area contributed by atoms with Crippen molar-refractivity contribution >= 4 is 28.7 Å². The molecule has 3 aromatic rings. The number of piperazine rings is 1. The van der Waals surface area contributed by atoms with Gasteiger partial charge in [0.05, 0.1) is 17.2 Å². The molecule has 1 saturated heterocycles. The number of para-hydroxylation sites is 1. The standard InChI is InChI=1S/C20H19FN6O4/c21-14-5-1-2-6-15(14)22-17(28)13-24-9-11-25(12-10-24)19-18(27(30)31)20(29)26-8-4-3-7-16(26)23-19/h1-8H,9-13H2,(H,22,28). The van der Waals surface area contributed by atoms with Crippen LogP contribution in [0.15, 0.2) is 53.5 Å². The fourth-order valence-corrected chi connectivity index (χ4v) is 3.52. The van der Waals surface area contributed by atoms with E-state index in [9.17, 15) is 24.1 Å². The molecule has 10 nitrogen and oxygen atoms in total. The number of rotatable bonds is 5. The number of aromatic nitrogens is 2. The van der Waals surface area contributed by atoms with Crippen LogP contribution in [0.3, 0.4) is 0 Å². The van der Waals surface area contributed by atoms with Crippen molar-refractivity contribution in [3.05, 3.63) is 74.9 Å². The Balaban J connectivity index is 1.46. The lowest BCUT2D eigenvalue weighted by Gasteiger charge is -2.34. The maximum Gasteiger partial charge on any atom is 0.376 e. The molecule has 0 atom stereocenters. The minimum Gasteiger partial charge on any atom is -0.348 e. The van der Waals surface area contributed by atoms with E-state index in [1.807, 2.05) is 4.90 Å². The number of benzene rings is 1. The number of carbonyl (C=O) groups excluding carboxylic acids is 1. The predicted molar refractivity (Wildman–Crippen MR) is 112 cm³/mol. The summed E-state index contributed by atoms with van der Waals surface area (Å²) in [5.41, 5.74) is -0.880. The Morgan fingerprint density at radius 1 is 1.13 bits per heavy atom. The third-order valence-corrected chi connectivity index (χ3v) is 5.06. The number of nitro groups is 1. The van der Waals surface area contributed by atoms with Crippen LogP contribution >= 0.6 is 0 Å². The number of hydrogen-bond donors (Lipinski definition) is 1. The summed E-state index contributed by atoms with van der Waals surface area (Å²) in [5, 5.41) is 14.1. The summed E-state index contributed by atoms with van der Waals surface area (Å²) in [7, 11) is 0. The highest BCUT2D eigenvalue weighted by atomic mass is 19.1. The van der Waals surface area contributed by atoms with Gasteiger partial charge < -0.3 is 10.2 Å². The van der Waals surface area contributed by atoms with Crippen molar-refractivity contribution in [1.82, 2.24) is 14.3 Å². The summed E-state index contributed by atoms with van der Waals surface area (Å²) in [5.74, 6) is -0.843. The molecule has 4 rings (SSSR count). The van der Waals surface area contributed by atoms with Crippen LogP contribution in [0.1, 0.15) is 0 Å². The number of pyridine rings is 1. The summed E-state index contributed by atoms with van der Waals surface area (Å²) in [6.07, 6.45) is 1.44. The van der Waals surface area contributed by atoms with Gasteiger partial charge in [-0.15, -0.1) is 0 Å². The van der Waals surface area contributed by atoms with Gasteiger partial charge in [-0.05, 0) is 24.3 Å². The zero-order valence-electron chi connectivity index (χ0n) is 16.4. The number of carbonyl (C=O) groups is 1. The first-order valence-corrected chi connectivity index (χ1v) is 9.61. The number of hydrogen-bond acceptors (Lipinski definition) is 7. The van der Waals surface area contributed by atoms with Crippen LogP contribution in [-0.2, 0) is 4.79 Å². The first-order chi connectivity index (χ1) is 14.9. The molecule has 160 valence electrons. The second kappa shape index (κ2) is 8.48. The summed E-state index contributed by atoms with van der Waals surface area (Å²) >= 11 is 0. The molecule has 1 aliphatic rings. The molecule has 0 bridgehead atoms. The summed E-state index contributed by atoms with van der Waals surface area (Å²) in [4.78, 5) is 43.6. The maximum atomic E-state index is 13.7. The maximum absolute atomic E-state index is 13.7. The molecule has 3 heterocycles. The topological polar surface area (TPSA) is 113 Å². The first kappa shape index (κ1) is 20.4. The number of nitrogens with zero attached hydrogens (tertiary/aromatic N) is 5. The van der Waals surface area contributed by atoms with E-state index in [-0.39, 0.29) is 24.0 Å². The third kappa shape index (κ3) is 4.21. The molecule has 2 aromatic heterocycles. The molecule has 0 spiro atoms. The van der Waals surface area contributed by atoms with Crippen molar-refractivity contribution in [2.75, 3.05) is 42.9 Å². The van der Waals surface area contributed by atoms with Crippen molar-refractivity contribution < 1.29 is 14.1 Å². The van der Waals surface area contributed by atoms with Gasteiger partial charge >= 0.3 is 11.2 Å². The smallest absolute Gasteiger partial charge is 0.348 e. The fourth-order valence-electron chi connectivity index (χ4n) is 3.52. The zero-order valence-corrected chi connectivity index (χ0v) is 16.4. The van der Waals surface area contributed by atoms with E-state index in [2.05, 4.69) is 10.3 Å². The number of amides is 1. The van der Waals surface area contributed by atoms with Crippen LogP contribution < -0.4 is 15.8 Å². The van der Waals surface area contributed by atoms with Gasteiger partial charge in [-0.3, -0.25) is 29.0 Å². The van der Waals surface area contributed by atoms with E-state index < -0.39 is 22.0 Å². The van der Waals surface area contributed by atoms with Gasteiger partial charge in [0.25, 0.3) is 0 Å². The highest BCUT2D eigenvalue weighted by Crippen LogP contribution is 2.24. The molecule has 1 N–H and O–H groups in total. The Morgan fingerprint density at radius 2 is 1.84 bits per heavy atom. The normalized spacial score (nSPS) is 14.5. The quantitative estimate of drug-likeness (QED) is 0.486. The van der Waals surface area contributed by atoms with Crippen LogP contribution in [0.4, 0.5) is 21.6 Å². The largest absolute Gasteiger partial charge is 0.376 e. The molecule has 11 heteroatoms. The van der Waals surface area contributed by atoms with Gasteiger partial charge in [0.15, 0.2) is 0 Å². The molecular formula is C20H19FN6O4. The van der Waals surface area contributed by atoms with E-state index in [1.54, 1.807) is 29.2 Å². The van der Waals surface area contributed by atoms with E-state index in [0.29, 0.717) is 31.8 Å². The monoisotopic (exact) mass is 426 g/mol. The third-order valence-electron chi connectivity index (χ3n) is 5.06. The molecule has 0 radical (unpaired) electrons. The second-order valence-electron chi connectivity index (χ2n) is 7.07. The number of anilines is 2. The molecule has 0 saturated carbocycles. The molecule has 1 aliphatic heterocycles. The lowest BCUT2D eigenvalue weighted by atomic mass is 10.2. The minimum absolute atomic E-state index is 0.0247. The Bertz CT molecular complexity index is 1210. The Labute approximate surface area is 175 Å². The van der Waals surface area contributed by atoms with Crippen molar-refractivity contribution in [2.24, 2.45) is 0 Å². The van der Waals surface area contributed by atoms with Crippen molar-refractivity contribution in [3.63, 3.8) is 0 Å². The zero-order chi connectivity index (χ0) is 22.0. The van der Waals surface area contributed by atoms with Crippen LogP contribution in [-0.4, -0.2) is 57.8 Å². The highest BCUT2D eigenvalue weighted by Gasteiger charge is 2.30. The molecular weight excluding hydrogens is 407 g/mol. The van der Waals surface area contributed by atoms with E-state index >= 15 is 0 Å². The summed E-state index contributed by atoms with van der Waals surface area (Å²) in [6, 6.07) is 10.8. The van der Waals surface area contributed by atoms with Gasteiger partial charge in [-0.1, -0.05) is 18.2 Å². The van der Waals surface area contributed by atoms with Crippen LogP contribution in [0.5, 0.6) is 0 Å². The molecule has 0 aliphatic carbocycles. The SMILES string of the molecule is O=C(CN1CCN(c2nc3ccccn3c(=O)c2[N+](=O)[O-])CC1)Nc1ccccc1F. The second-order valence-corrected chi connectivity index (χ2v) is 7.07. The van der Waals surface area contributed by atoms with Crippen molar-refractivity contribution in [2.45, 2.75) is 0 Å². The van der Waals surface area contributed by atoms with Gasteiger partial charge in [0.1, 0.15) is 11.5 Å². The number of nitrogens with one attached hydrogen (secondary N) is 1. The Kier molecular flexibility index (Phi) is 5.58. The average molecular weight is 426 g/mol. The van der Waals surface area contributed by atoms with Crippen LogP contribution in [0.2, 0.25) is 0 Å². The molecule has 1 fully saturated rings. The predicted octanol–water partition coefficient (Wildman–Crippen LogP) is 1.50. The number of fused-ring (bicyclic) bond motifs is 1. The average Bonchev–Trinajstić information content (AvgIpc) is 2.75. The van der Waals surface area contributed by atoms with Crippen molar-refractivity contribution in [3.8, 4) is 0 Å². The molecule has 1 aromatic carbocycles. The summed E-state index contributed by atoms with van der Waals surface area (Å²) < 4.78 is 14.8. The molecule has 0 unspecified atom stereocenters. The Hall–Kier alpha value is -3.86. The first-order valence-electron chi connectivity index (χ1n) is 9.61. The molecule has 31 heavy (non-hydrogen) atoms. The number of halogens is 1. The van der Waals surface area contributed by atoms with Crippen LogP contribution in [0.25, 0.3) is 5.65 Å². The summed E-state index contributed by atoms with van der Waals surface area (Å²) in [6.45, 7) is 1.61. The van der Waals surface area contributed by atoms with Gasteiger partial charge in [-0.25, -0.2) is 9.37 Å². The van der Waals surface area contributed by atoms with Crippen molar-refractivity contribution in [1.29, 1.82) is 0 Å². The molecule has 1 amide bonds. The van der Waals surface area contributed by atoms with Crippen LogP contribution in [0, 0.1) is 15.9 Å². The van der Waals surface area contributed by atoms with Gasteiger partial charge in [-0.2, -0.15) is 0 Å². The lowest BCUT2D eigenvalue weighted by Crippen LogP contribution is -2.49. The highest BCUT2D eigenvalue weighted by molar-refractivity contribution is 5.92. The van der Waals surface area contributed by atoms with Gasteiger partial charge in [0, 0.05) is 32.4 Å². The Morgan fingerprint density at radius 3 is 2.55 bits per heavy atom. The van der Waals surface area contributed by atoms with E-state index in [0.717, 1.165) is 4.40 Å². The minimum atomic E-state index is -0.739. The van der Waals surface area contributed by atoms with Gasteiger partial charge in [0.2, 0.25) is 11.7 Å².